The molecule has 0 heterocycles. The number of allylic oxidation sites excluding steroid dienone is 1. The van der Waals surface area contributed by atoms with Crippen LogP contribution < -0.4 is 0 Å². The first-order valence-corrected chi connectivity index (χ1v) is 7.12. The summed E-state index contributed by atoms with van der Waals surface area (Å²) in [5.41, 5.74) is 1.30. The fourth-order valence-electron chi connectivity index (χ4n) is 1.98. The van der Waals surface area contributed by atoms with Gasteiger partial charge in [0.2, 0.25) is 0 Å². The number of hydrogen-bond acceptors (Lipinski definition) is 1. The van der Waals surface area contributed by atoms with Crippen molar-refractivity contribution in [2.24, 2.45) is 5.92 Å². The van der Waals surface area contributed by atoms with E-state index in [1.807, 2.05) is 6.07 Å². The van der Waals surface area contributed by atoms with E-state index in [-0.39, 0.29) is 12.0 Å². The van der Waals surface area contributed by atoms with Crippen LogP contribution in [0.4, 0.5) is 0 Å². The van der Waals surface area contributed by atoms with Crippen LogP contribution in [0.25, 0.3) is 0 Å². The molecular formula is C17H26O. The molecule has 1 N–H and O–H groups in total. The van der Waals surface area contributed by atoms with Crippen LogP contribution in [0.5, 0.6) is 0 Å². The first-order valence-electron chi connectivity index (χ1n) is 7.12. The van der Waals surface area contributed by atoms with Crippen molar-refractivity contribution < 1.29 is 5.11 Å². The van der Waals surface area contributed by atoms with Crippen molar-refractivity contribution in [2.45, 2.75) is 52.1 Å². The predicted octanol–water partition coefficient (Wildman–Crippen LogP) is 4.36. The normalized spacial score (nSPS) is 14.8. The van der Waals surface area contributed by atoms with Gasteiger partial charge in [-0.3, -0.25) is 0 Å². The van der Waals surface area contributed by atoms with Gasteiger partial charge in [0.1, 0.15) is 0 Å². The Labute approximate surface area is 112 Å². The van der Waals surface area contributed by atoms with Crippen LogP contribution in [-0.4, -0.2) is 11.2 Å². The maximum atomic E-state index is 10.1. The summed E-state index contributed by atoms with van der Waals surface area (Å²) in [6.07, 6.45) is 9.53. The second-order valence-electron chi connectivity index (χ2n) is 5.02. The van der Waals surface area contributed by atoms with E-state index in [9.17, 15) is 5.11 Å². The SMILES string of the molecule is CCCC/C=C\[C@H](C)[C@@H](O)CCc1ccccc1. The first-order chi connectivity index (χ1) is 8.74. The van der Waals surface area contributed by atoms with E-state index >= 15 is 0 Å². The average molecular weight is 246 g/mol. The lowest BCUT2D eigenvalue weighted by Crippen LogP contribution is -2.16. The summed E-state index contributed by atoms with van der Waals surface area (Å²) in [6.45, 7) is 4.30. The van der Waals surface area contributed by atoms with Gasteiger partial charge in [-0.25, -0.2) is 0 Å². The van der Waals surface area contributed by atoms with Gasteiger partial charge in [-0.1, -0.05) is 69.2 Å². The number of aryl methyl sites for hydroxylation is 1. The van der Waals surface area contributed by atoms with Crippen molar-refractivity contribution in [3.05, 3.63) is 48.0 Å². The summed E-state index contributed by atoms with van der Waals surface area (Å²) >= 11 is 0. The Hall–Kier alpha value is -1.08. The topological polar surface area (TPSA) is 20.2 Å². The third-order valence-electron chi connectivity index (χ3n) is 3.34. The van der Waals surface area contributed by atoms with Crippen molar-refractivity contribution in [1.29, 1.82) is 0 Å². The van der Waals surface area contributed by atoms with Crippen LogP contribution in [0.3, 0.4) is 0 Å². The number of aliphatic hydroxyl groups is 1. The second-order valence-corrected chi connectivity index (χ2v) is 5.02. The van der Waals surface area contributed by atoms with Crippen molar-refractivity contribution in [3.8, 4) is 0 Å². The predicted molar refractivity (Wildman–Crippen MR) is 78.6 cm³/mol. The van der Waals surface area contributed by atoms with Crippen LogP contribution in [0.2, 0.25) is 0 Å². The first kappa shape index (κ1) is 15.0. The van der Waals surface area contributed by atoms with E-state index in [2.05, 4.69) is 50.3 Å². The van der Waals surface area contributed by atoms with Gasteiger partial charge >= 0.3 is 0 Å². The zero-order valence-corrected chi connectivity index (χ0v) is 11.7. The van der Waals surface area contributed by atoms with Gasteiger partial charge < -0.3 is 5.11 Å². The molecule has 0 unspecified atom stereocenters. The van der Waals surface area contributed by atoms with Crippen LogP contribution in [0, 0.1) is 5.92 Å². The molecule has 1 aromatic rings. The molecule has 0 saturated heterocycles. The summed E-state index contributed by atoms with van der Waals surface area (Å²) in [6, 6.07) is 10.4. The third-order valence-corrected chi connectivity index (χ3v) is 3.34. The molecule has 2 atom stereocenters. The van der Waals surface area contributed by atoms with Gasteiger partial charge in [0.25, 0.3) is 0 Å². The average Bonchev–Trinajstić information content (AvgIpc) is 2.42. The Morgan fingerprint density at radius 1 is 1.22 bits per heavy atom. The summed E-state index contributed by atoms with van der Waals surface area (Å²) < 4.78 is 0. The molecule has 0 aliphatic rings. The van der Waals surface area contributed by atoms with E-state index in [1.165, 1.54) is 18.4 Å². The van der Waals surface area contributed by atoms with Gasteiger partial charge in [0.05, 0.1) is 6.10 Å². The standard InChI is InChI=1S/C17H26O/c1-3-4-5-7-10-15(2)17(18)14-13-16-11-8-6-9-12-16/h6-12,15,17-18H,3-5,13-14H2,1-2H3/b10-7-/t15-,17-/m0/s1. The Bertz CT molecular complexity index is 329. The zero-order chi connectivity index (χ0) is 13.2. The van der Waals surface area contributed by atoms with Crippen LogP contribution in [-0.2, 0) is 6.42 Å². The Morgan fingerprint density at radius 2 is 1.94 bits per heavy atom. The fraction of sp³-hybridized carbons (Fsp3) is 0.529. The van der Waals surface area contributed by atoms with Crippen molar-refractivity contribution in [3.63, 3.8) is 0 Å². The molecule has 1 nitrogen and oxygen atoms in total. The molecule has 1 heteroatoms. The Morgan fingerprint density at radius 3 is 2.61 bits per heavy atom. The van der Waals surface area contributed by atoms with Gasteiger partial charge in [-0.05, 0) is 30.7 Å². The molecular weight excluding hydrogens is 220 g/mol. The maximum Gasteiger partial charge on any atom is 0.0603 e. The van der Waals surface area contributed by atoms with Crippen molar-refractivity contribution in [2.75, 3.05) is 0 Å². The van der Waals surface area contributed by atoms with Crippen molar-refractivity contribution in [1.82, 2.24) is 0 Å². The largest absolute Gasteiger partial charge is 0.393 e. The minimum atomic E-state index is -0.233. The summed E-state index contributed by atoms with van der Waals surface area (Å²) in [7, 11) is 0. The van der Waals surface area contributed by atoms with Crippen LogP contribution >= 0.6 is 0 Å². The Kier molecular flexibility index (Phi) is 7.43. The number of unbranched alkanes of at least 4 members (excludes halogenated alkanes) is 2. The zero-order valence-electron chi connectivity index (χ0n) is 11.7. The molecule has 18 heavy (non-hydrogen) atoms. The highest BCUT2D eigenvalue weighted by Crippen LogP contribution is 2.13. The smallest absolute Gasteiger partial charge is 0.0603 e. The molecule has 0 amide bonds. The molecule has 1 aromatic carbocycles. The number of hydrogen-bond donors (Lipinski definition) is 1. The monoisotopic (exact) mass is 246 g/mol. The molecule has 0 aliphatic carbocycles. The lowest BCUT2D eigenvalue weighted by atomic mass is 9.97. The van der Waals surface area contributed by atoms with Gasteiger partial charge in [0.15, 0.2) is 0 Å². The Balaban J connectivity index is 2.27. The quantitative estimate of drug-likeness (QED) is 0.533. The summed E-state index contributed by atoms with van der Waals surface area (Å²) in [4.78, 5) is 0. The van der Waals surface area contributed by atoms with E-state index in [0.717, 1.165) is 19.3 Å². The van der Waals surface area contributed by atoms with E-state index in [1.54, 1.807) is 0 Å². The molecule has 0 aliphatic heterocycles. The molecule has 0 bridgehead atoms. The third kappa shape index (κ3) is 6.02. The highest BCUT2D eigenvalue weighted by Gasteiger charge is 2.10. The van der Waals surface area contributed by atoms with Gasteiger partial charge in [-0.2, -0.15) is 0 Å². The highest BCUT2D eigenvalue weighted by atomic mass is 16.3. The number of aliphatic hydroxyl groups excluding tert-OH is 1. The summed E-state index contributed by atoms with van der Waals surface area (Å²) in [5, 5.41) is 10.1. The number of rotatable bonds is 8. The fourth-order valence-corrected chi connectivity index (χ4v) is 1.98. The lowest BCUT2D eigenvalue weighted by molar-refractivity contribution is 0.128. The van der Waals surface area contributed by atoms with Crippen LogP contribution in [0.15, 0.2) is 42.5 Å². The molecule has 100 valence electrons. The highest BCUT2D eigenvalue weighted by molar-refractivity contribution is 5.14. The maximum absolute atomic E-state index is 10.1. The van der Waals surface area contributed by atoms with E-state index < -0.39 is 0 Å². The molecule has 0 saturated carbocycles. The second kappa shape index (κ2) is 8.93. The lowest BCUT2D eigenvalue weighted by Gasteiger charge is -2.15. The van der Waals surface area contributed by atoms with Crippen LogP contribution in [0.1, 0.15) is 45.1 Å². The molecule has 0 fully saturated rings. The van der Waals surface area contributed by atoms with E-state index in [0.29, 0.717) is 0 Å². The summed E-state index contributed by atoms with van der Waals surface area (Å²) in [5.74, 6) is 0.255. The van der Waals surface area contributed by atoms with Gasteiger partial charge in [0, 0.05) is 0 Å². The van der Waals surface area contributed by atoms with Gasteiger partial charge in [-0.15, -0.1) is 0 Å². The molecule has 1 rings (SSSR count). The van der Waals surface area contributed by atoms with E-state index in [4.69, 9.17) is 0 Å². The minimum Gasteiger partial charge on any atom is -0.393 e. The van der Waals surface area contributed by atoms with Crippen molar-refractivity contribution >= 4 is 0 Å². The minimum absolute atomic E-state index is 0.233. The molecule has 0 aromatic heterocycles. The number of benzene rings is 1. The molecule has 0 radical (unpaired) electrons. The molecule has 0 spiro atoms.